The van der Waals surface area contributed by atoms with Crippen LogP contribution in [0.2, 0.25) is 0 Å². The lowest BCUT2D eigenvalue weighted by Crippen LogP contribution is -2.37. The van der Waals surface area contributed by atoms with Gasteiger partial charge in [0.15, 0.2) is 0 Å². The Morgan fingerprint density at radius 2 is 2.08 bits per heavy atom. The Bertz CT molecular complexity index is 123. The Labute approximate surface area is 83.9 Å². The first-order valence-electron chi connectivity index (χ1n) is 5.20. The van der Waals surface area contributed by atoms with Gasteiger partial charge in [-0.25, -0.2) is 0 Å². The summed E-state index contributed by atoms with van der Waals surface area (Å²) >= 11 is 0. The summed E-state index contributed by atoms with van der Waals surface area (Å²) in [6, 6.07) is 0.833. The smallest absolute Gasteiger partial charge is 0.0235 e. The molecule has 0 N–H and O–H groups in total. The first-order chi connectivity index (χ1) is 5.77. The largest absolute Gasteiger partial charge is 0.305 e. The molecule has 1 aliphatic rings. The van der Waals surface area contributed by atoms with Gasteiger partial charge in [0, 0.05) is 12.6 Å². The van der Waals surface area contributed by atoms with E-state index in [0.717, 1.165) is 6.04 Å². The van der Waals surface area contributed by atoms with Gasteiger partial charge in [-0.1, -0.05) is 21.3 Å². The highest BCUT2D eigenvalue weighted by atomic mass is 15.2. The molecule has 1 unspecified atom stereocenters. The predicted molar refractivity (Wildman–Crippen MR) is 60.2 cm³/mol. The second kappa shape index (κ2) is 6.39. The van der Waals surface area contributed by atoms with E-state index in [-0.39, 0.29) is 7.43 Å². The molecule has 0 spiro atoms. The van der Waals surface area contributed by atoms with Crippen LogP contribution in [0.25, 0.3) is 0 Å². The lowest BCUT2D eigenvalue weighted by Gasteiger charge is -2.26. The fraction of sp³-hybridized carbons (Fsp3) is 1.00. The third-order valence-corrected chi connectivity index (χ3v) is 2.80. The predicted octanol–water partition coefficient (Wildman–Crippen LogP) is 2.06. The van der Waals surface area contributed by atoms with E-state index in [2.05, 4.69) is 30.7 Å². The Hall–Kier alpha value is -0.0800. The lowest BCUT2D eigenvalue weighted by molar-refractivity contribution is 0.208. The SMILES string of the molecule is C.CCCN(CC)C1CCN(C)C1. The molecule has 1 saturated heterocycles. The van der Waals surface area contributed by atoms with Gasteiger partial charge >= 0.3 is 0 Å². The number of rotatable bonds is 4. The maximum Gasteiger partial charge on any atom is 0.0235 e. The van der Waals surface area contributed by atoms with Crippen molar-refractivity contribution < 1.29 is 0 Å². The van der Waals surface area contributed by atoms with E-state index in [1.54, 1.807) is 0 Å². The van der Waals surface area contributed by atoms with Gasteiger partial charge in [-0.2, -0.15) is 0 Å². The van der Waals surface area contributed by atoms with Crippen LogP contribution in [0.5, 0.6) is 0 Å². The second-order valence-electron chi connectivity index (χ2n) is 3.83. The molecule has 0 amide bonds. The molecular weight excluding hydrogens is 160 g/mol. The number of hydrogen-bond donors (Lipinski definition) is 0. The molecule has 13 heavy (non-hydrogen) atoms. The van der Waals surface area contributed by atoms with Crippen LogP contribution in [0, 0.1) is 0 Å². The van der Waals surface area contributed by atoms with Crippen molar-refractivity contribution in [1.29, 1.82) is 0 Å². The zero-order chi connectivity index (χ0) is 8.97. The highest BCUT2D eigenvalue weighted by Crippen LogP contribution is 2.13. The van der Waals surface area contributed by atoms with Crippen molar-refractivity contribution in [3.63, 3.8) is 0 Å². The number of likely N-dealkylation sites (N-methyl/N-ethyl adjacent to an activating group) is 2. The third kappa shape index (κ3) is 3.65. The highest BCUT2D eigenvalue weighted by molar-refractivity contribution is 4.80. The van der Waals surface area contributed by atoms with E-state index in [1.807, 2.05) is 0 Å². The van der Waals surface area contributed by atoms with Crippen LogP contribution in [0.1, 0.15) is 34.1 Å². The summed E-state index contributed by atoms with van der Waals surface area (Å²) in [6.07, 6.45) is 2.65. The molecule has 0 bridgehead atoms. The summed E-state index contributed by atoms with van der Waals surface area (Å²) in [5.74, 6) is 0. The van der Waals surface area contributed by atoms with Crippen molar-refractivity contribution in [2.45, 2.75) is 40.2 Å². The molecule has 80 valence electrons. The molecule has 1 aliphatic heterocycles. The fourth-order valence-electron chi connectivity index (χ4n) is 2.10. The van der Waals surface area contributed by atoms with Crippen LogP contribution in [-0.4, -0.2) is 49.1 Å². The minimum Gasteiger partial charge on any atom is -0.305 e. The summed E-state index contributed by atoms with van der Waals surface area (Å²) in [7, 11) is 2.22. The van der Waals surface area contributed by atoms with E-state index in [4.69, 9.17) is 0 Å². The Balaban J connectivity index is 0.00000144. The van der Waals surface area contributed by atoms with Crippen molar-refractivity contribution in [1.82, 2.24) is 9.80 Å². The summed E-state index contributed by atoms with van der Waals surface area (Å²) in [4.78, 5) is 5.05. The van der Waals surface area contributed by atoms with Crippen LogP contribution in [-0.2, 0) is 0 Å². The first-order valence-corrected chi connectivity index (χ1v) is 5.20. The summed E-state index contributed by atoms with van der Waals surface area (Å²) < 4.78 is 0. The van der Waals surface area contributed by atoms with Gasteiger partial charge in [0.05, 0.1) is 0 Å². The van der Waals surface area contributed by atoms with Gasteiger partial charge < -0.3 is 4.90 Å². The summed E-state index contributed by atoms with van der Waals surface area (Å²) in [5.41, 5.74) is 0. The Morgan fingerprint density at radius 1 is 1.38 bits per heavy atom. The highest BCUT2D eigenvalue weighted by Gasteiger charge is 2.23. The standard InChI is InChI=1S/C10H22N2.CH4/c1-4-7-12(5-2)10-6-8-11(3)9-10;/h10H,4-9H2,1-3H3;1H4. The van der Waals surface area contributed by atoms with Crippen molar-refractivity contribution in [2.24, 2.45) is 0 Å². The quantitative estimate of drug-likeness (QED) is 0.663. The van der Waals surface area contributed by atoms with Crippen LogP contribution < -0.4 is 0 Å². The Morgan fingerprint density at radius 3 is 2.46 bits per heavy atom. The number of likely N-dealkylation sites (tertiary alicyclic amines) is 1. The maximum absolute atomic E-state index is 2.61. The first kappa shape index (κ1) is 12.9. The molecule has 0 aliphatic carbocycles. The van der Waals surface area contributed by atoms with E-state index in [0.29, 0.717) is 0 Å². The molecule has 0 aromatic heterocycles. The van der Waals surface area contributed by atoms with Crippen LogP contribution in [0.15, 0.2) is 0 Å². The zero-order valence-corrected chi connectivity index (χ0v) is 8.71. The average molecular weight is 186 g/mol. The third-order valence-electron chi connectivity index (χ3n) is 2.80. The number of nitrogens with zero attached hydrogens (tertiary/aromatic N) is 2. The second-order valence-corrected chi connectivity index (χ2v) is 3.83. The van der Waals surface area contributed by atoms with E-state index in [9.17, 15) is 0 Å². The molecule has 0 aromatic carbocycles. The normalized spacial score (nSPS) is 23.5. The summed E-state index contributed by atoms with van der Waals surface area (Å²) in [5, 5.41) is 0. The van der Waals surface area contributed by atoms with Crippen molar-refractivity contribution in [2.75, 3.05) is 33.2 Å². The zero-order valence-electron chi connectivity index (χ0n) is 8.71. The van der Waals surface area contributed by atoms with Crippen LogP contribution >= 0.6 is 0 Å². The van der Waals surface area contributed by atoms with Gasteiger partial charge in [0.25, 0.3) is 0 Å². The molecule has 0 radical (unpaired) electrons. The molecular formula is C11H26N2. The van der Waals surface area contributed by atoms with Crippen molar-refractivity contribution >= 4 is 0 Å². The summed E-state index contributed by atoms with van der Waals surface area (Å²) in [6.45, 7) is 9.58. The van der Waals surface area contributed by atoms with E-state index >= 15 is 0 Å². The van der Waals surface area contributed by atoms with Crippen molar-refractivity contribution in [3.8, 4) is 0 Å². The molecule has 0 aromatic rings. The monoisotopic (exact) mass is 186 g/mol. The molecule has 2 nitrogen and oxygen atoms in total. The average Bonchev–Trinajstić information content (AvgIpc) is 2.47. The van der Waals surface area contributed by atoms with E-state index < -0.39 is 0 Å². The molecule has 1 atom stereocenters. The minimum absolute atomic E-state index is 0. The fourth-order valence-corrected chi connectivity index (χ4v) is 2.10. The minimum atomic E-state index is 0. The van der Waals surface area contributed by atoms with Gasteiger partial charge in [-0.15, -0.1) is 0 Å². The topological polar surface area (TPSA) is 6.48 Å². The molecule has 0 saturated carbocycles. The Kier molecular flexibility index (Phi) is 6.35. The molecule has 1 heterocycles. The molecule has 2 heteroatoms. The van der Waals surface area contributed by atoms with Crippen LogP contribution in [0.4, 0.5) is 0 Å². The molecule has 1 rings (SSSR count). The van der Waals surface area contributed by atoms with Gasteiger partial charge in [-0.3, -0.25) is 4.90 Å². The van der Waals surface area contributed by atoms with E-state index in [1.165, 1.54) is 39.0 Å². The van der Waals surface area contributed by atoms with Gasteiger partial charge in [0.1, 0.15) is 0 Å². The van der Waals surface area contributed by atoms with Gasteiger partial charge in [0.2, 0.25) is 0 Å². The number of hydrogen-bond acceptors (Lipinski definition) is 2. The lowest BCUT2D eigenvalue weighted by atomic mass is 10.2. The molecule has 1 fully saturated rings. The maximum atomic E-state index is 2.61. The van der Waals surface area contributed by atoms with Crippen LogP contribution in [0.3, 0.4) is 0 Å². The van der Waals surface area contributed by atoms with Gasteiger partial charge in [-0.05, 0) is 39.5 Å². The van der Waals surface area contributed by atoms with Crippen molar-refractivity contribution in [3.05, 3.63) is 0 Å².